The summed E-state index contributed by atoms with van der Waals surface area (Å²) in [6, 6.07) is 7.55. The van der Waals surface area contributed by atoms with Crippen LogP contribution >= 0.6 is 34.5 Å². The zero-order valence-corrected chi connectivity index (χ0v) is 9.40. The van der Waals surface area contributed by atoms with Gasteiger partial charge in [-0.25, -0.2) is 0 Å². The summed E-state index contributed by atoms with van der Waals surface area (Å²) in [6.07, 6.45) is 0. The van der Waals surface area contributed by atoms with Crippen LogP contribution in [0.3, 0.4) is 0 Å². The average molecular weight is 245 g/mol. The molecule has 0 bridgehead atoms. The fourth-order valence-electron chi connectivity index (χ4n) is 1.05. The fourth-order valence-corrected chi connectivity index (χ4v) is 2.28. The van der Waals surface area contributed by atoms with Crippen LogP contribution in [0.4, 0.5) is 0 Å². The lowest BCUT2D eigenvalue weighted by Crippen LogP contribution is -1.77. The maximum Gasteiger partial charge on any atom is 0.149 e. The van der Waals surface area contributed by atoms with Crippen molar-refractivity contribution in [3.63, 3.8) is 0 Å². The lowest BCUT2D eigenvalue weighted by molar-refractivity contribution is 1.04. The monoisotopic (exact) mass is 244 g/mol. The maximum atomic E-state index is 6.02. The first-order valence-electron chi connectivity index (χ1n) is 3.94. The van der Waals surface area contributed by atoms with Gasteiger partial charge in [-0.15, -0.1) is 21.8 Å². The number of aromatic nitrogens is 2. The molecule has 14 heavy (non-hydrogen) atoms. The quantitative estimate of drug-likeness (QED) is 0.755. The van der Waals surface area contributed by atoms with Crippen molar-refractivity contribution < 1.29 is 0 Å². The Morgan fingerprint density at radius 3 is 2.64 bits per heavy atom. The highest BCUT2D eigenvalue weighted by atomic mass is 35.5. The number of hydrogen-bond donors (Lipinski definition) is 0. The molecule has 2 aromatic rings. The van der Waals surface area contributed by atoms with Crippen molar-refractivity contribution in [1.82, 2.24) is 10.2 Å². The molecule has 0 fully saturated rings. The molecule has 1 aromatic heterocycles. The predicted octanol–water partition coefficient (Wildman–Crippen LogP) is 3.60. The van der Waals surface area contributed by atoms with Gasteiger partial charge >= 0.3 is 0 Å². The zero-order chi connectivity index (χ0) is 9.97. The highest BCUT2D eigenvalue weighted by Gasteiger charge is 2.08. The summed E-state index contributed by atoms with van der Waals surface area (Å²) >= 11 is 13.1. The number of benzene rings is 1. The van der Waals surface area contributed by atoms with Gasteiger partial charge in [0, 0.05) is 5.56 Å². The van der Waals surface area contributed by atoms with Crippen molar-refractivity contribution in [2.75, 3.05) is 0 Å². The van der Waals surface area contributed by atoms with Gasteiger partial charge in [-0.2, -0.15) is 0 Å². The van der Waals surface area contributed by atoms with E-state index in [4.69, 9.17) is 23.2 Å². The first-order chi connectivity index (χ1) is 6.81. The van der Waals surface area contributed by atoms with E-state index >= 15 is 0 Å². The normalized spacial score (nSPS) is 10.4. The molecule has 0 saturated heterocycles. The Labute approximate surface area is 95.5 Å². The minimum atomic E-state index is 0.391. The van der Waals surface area contributed by atoms with Crippen LogP contribution in [0.2, 0.25) is 5.02 Å². The van der Waals surface area contributed by atoms with Gasteiger partial charge in [0.15, 0.2) is 0 Å². The summed E-state index contributed by atoms with van der Waals surface area (Å²) in [6.45, 7) is 0. The largest absolute Gasteiger partial charge is 0.149 e. The van der Waals surface area contributed by atoms with Gasteiger partial charge in [-0.3, -0.25) is 0 Å². The first-order valence-corrected chi connectivity index (χ1v) is 5.67. The molecular weight excluding hydrogens is 239 g/mol. The smallest absolute Gasteiger partial charge is 0.142 e. The van der Waals surface area contributed by atoms with Crippen LogP contribution in [0, 0.1) is 0 Å². The summed E-state index contributed by atoms with van der Waals surface area (Å²) < 4.78 is 0. The number of nitrogens with zero attached hydrogens (tertiary/aromatic N) is 2. The van der Waals surface area contributed by atoms with Crippen LogP contribution in [0.1, 0.15) is 5.01 Å². The maximum absolute atomic E-state index is 6.02. The van der Waals surface area contributed by atoms with Crippen molar-refractivity contribution in [2.45, 2.75) is 5.88 Å². The summed E-state index contributed by atoms with van der Waals surface area (Å²) in [5.41, 5.74) is 0.906. The molecule has 0 aliphatic carbocycles. The Kier molecular flexibility index (Phi) is 3.01. The molecule has 5 heteroatoms. The van der Waals surface area contributed by atoms with E-state index in [0.29, 0.717) is 10.9 Å². The van der Waals surface area contributed by atoms with E-state index in [-0.39, 0.29) is 0 Å². The minimum absolute atomic E-state index is 0.391. The predicted molar refractivity (Wildman–Crippen MR) is 59.9 cm³/mol. The van der Waals surface area contributed by atoms with Crippen molar-refractivity contribution in [3.05, 3.63) is 34.3 Å². The molecule has 0 unspecified atom stereocenters. The average Bonchev–Trinajstić information content (AvgIpc) is 2.67. The number of halogens is 2. The molecule has 0 saturated carbocycles. The van der Waals surface area contributed by atoms with Crippen LogP contribution in [0.15, 0.2) is 24.3 Å². The first kappa shape index (κ1) is 9.90. The molecule has 1 heterocycles. The molecule has 2 rings (SSSR count). The second-order valence-electron chi connectivity index (χ2n) is 2.61. The van der Waals surface area contributed by atoms with Gasteiger partial charge in [0.25, 0.3) is 0 Å². The molecule has 1 aromatic carbocycles. The summed E-state index contributed by atoms with van der Waals surface area (Å²) in [5.74, 6) is 0.391. The Morgan fingerprint density at radius 1 is 1.21 bits per heavy atom. The Balaban J connectivity index is 2.44. The Bertz CT molecular complexity index is 442. The summed E-state index contributed by atoms with van der Waals surface area (Å²) in [5, 5.41) is 10.3. The van der Waals surface area contributed by atoms with Crippen LogP contribution in [-0.2, 0) is 5.88 Å². The van der Waals surface area contributed by atoms with Crippen molar-refractivity contribution in [2.24, 2.45) is 0 Å². The number of hydrogen-bond acceptors (Lipinski definition) is 3. The molecule has 2 nitrogen and oxygen atoms in total. The second-order valence-corrected chi connectivity index (χ2v) is 4.35. The van der Waals surface area contributed by atoms with Gasteiger partial charge in [0.05, 0.1) is 10.9 Å². The SMILES string of the molecule is ClCc1nnc(-c2ccccc2Cl)s1. The lowest BCUT2D eigenvalue weighted by atomic mass is 10.2. The fraction of sp³-hybridized carbons (Fsp3) is 0.111. The van der Waals surface area contributed by atoms with Crippen LogP contribution in [0.5, 0.6) is 0 Å². The third-order valence-electron chi connectivity index (χ3n) is 1.69. The van der Waals surface area contributed by atoms with E-state index < -0.39 is 0 Å². The molecule has 0 aliphatic heterocycles. The van der Waals surface area contributed by atoms with E-state index in [1.54, 1.807) is 0 Å². The van der Waals surface area contributed by atoms with Crippen LogP contribution in [-0.4, -0.2) is 10.2 Å². The van der Waals surface area contributed by atoms with Gasteiger partial charge in [-0.1, -0.05) is 41.1 Å². The standard InChI is InChI=1S/C9H6Cl2N2S/c10-5-8-12-13-9(14-8)6-3-1-2-4-7(6)11/h1-4H,5H2. The highest BCUT2D eigenvalue weighted by molar-refractivity contribution is 7.14. The molecule has 0 spiro atoms. The summed E-state index contributed by atoms with van der Waals surface area (Å²) in [4.78, 5) is 0. The Hall–Kier alpha value is -0.640. The molecule has 0 radical (unpaired) electrons. The van der Waals surface area contributed by atoms with E-state index in [1.165, 1.54) is 11.3 Å². The second kappa shape index (κ2) is 4.26. The lowest BCUT2D eigenvalue weighted by Gasteiger charge is -1.96. The highest BCUT2D eigenvalue weighted by Crippen LogP contribution is 2.30. The van der Waals surface area contributed by atoms with Gasteiger partial charge in [-0.05, 0) is 6.07 Å². The molecule has 0 aliphatic rings. The van der Waals surface area contributed by atoms with Crippen molar-refractivity contribution in [1.29, 1.82) is 0 Å². The molecule has 0 atom stereocenters. The van der Waals surface area contributed by atoms with Crippen molar-refractivity contribution >= 4 is 34.5 Å². The number of rotatable bonds is 2. The van der Waals surface area contributed by atoms with E-state index in [2.05, 4.69) is 10.2 Å². The topological polar surface area (TPSA) is 25.8 Å². The Morgan fingerprint density at radius 2 is 2.00 bits per heavy atom. The van der Waals surface area contributed by atoms with Crippen molar-refractivity contribution in [3.8, 4) is 10.6 Å². The van der Waals surface area contributed by atoms with E-state index in [1.807, 2.05) is 24.3 Å². The third-order valence-corrected chi connectivity index (χ3v) is 3.38. The minimum Gasteiger partial charge on any atom is -0.142 e. The molecule has 72 valence electrons. The number of alkyl halides is 1. The molecule has 0 amide bonds. The zero-order valence-electron chi connectivity index (χ0n) is 7.08. The molecule has 0 N–H and O–H groups in total. The van der Waals surface area contributed by atoms with E-state index in [9.17, 15) is 0 Å². The van der Waals surface area contributed by atoms with Gasteiger partial charge in [0.2, 0.25) is 0 Å². The van der Waals surface area contributed by atoms with Gasteiger partial charge < -0.3 is 0 Å². The summed E-state index contributed by atoms with van der Waals surface area (Å²) in [7, 11) is 0. The van der Waals surface area contributed by atoms with Crippen LogP contribution in [0.25, 0.3) is 10.6 Å². The van der Waals surface area contributed by atoms with Crippen LogP contribution < -0.4 is 0 Å². The third kappa shape index (κ3) is 1.90. The molecular formula is C9H6Cl2N2S. The van der Waals surface area contributed by atoms with E-state index in [0.717, 1.165) is 15.6 Å². The van der Waals surface area contributed by atoms with Gasteiger partial charge in [0.1, 0.15) is 10.0 Å².